The molecule has 3 atom stereocenters. The van der Waals surface area contributed by atoms with Crippen LogP contribution in [0.5, 0.6) is 5.75 Å². The van der Waals surface area contributed by atoms with E-state index in [1.165, 1.54) is 17.0 Å². The van der Waals surface area contributed by atoms with Crippen LogP contribution in [0.1, 0.15) is 58.2 Å². The number of nitrogens with one attached hydrogen (secondary N) is 2. The Kier molecular flexibility index (Phi) is 10.2. The molecule has 9 heteroatoms. The zero-order valence-corrected chi connectivity index (χ0v) is 22.6. The van der Waals surface area contributed by atoms with E-state index in [4.69, 9.17) is 4.74 Å². The van der Waals surface area contributed by atoms with Crippen LogP contribution in [-0.4, -0.2) is 51.4 Å². The lowest BCUT2D eigenvalue weighted by Gasteiger charge is -2.38. The van der Waals surface area contributed by atoms with Gasteiger partial charge >= 0.3 is 6.09 Å². The molecular weight excluding hydrogens is 478 g/mol. The summed E-state index contributed by atoms with van der Waals surface area (Å²) in [5, 5.41) is 15.4. The van der Waals surface area contributed by atoms with Crippen molar-refractivity contribution >= 4 is 36.2 Å². The lowest BCUT2D eigenvalue weighted by atomic mass is 9.99. The molecule has 0 bridgehead atoms. The van der Waals surface area contributed by atoms with Gasteiger partial charge < -0.3 is 25.4 Å². The number of phenols is 1. The van der Waals surface area contributed by atoms with Crippen molar-refractivity contribution in [2.75, 3.05) is 11.1 Å². The second-order valence-corrected chi connectivity index (χ2v) is 10.0. The third-order valence-electron chi connectivity index (χ3n) is 5.63. The molecule has 0 heterocycles. The maximum absolute atomic E-state index is 13.9. The van der Waals surface area contributed by atoms with E-state index < -0.39 is 35.6 Å². The molecule has 8 nitrogen and oxygen atoms in total. The number of alkyl carbamates (subject to hydrolysis) is 1. The molecule has 2 aromatic rings. The summed E-state index contributed by atoms with van der Waals surface area (Å²) < 4.78 is 5.32. The fourth-order valence-corrected chi connectivity index (χ4v) is 3.87. The molecule has 0 saturated heterocycles. The van der Waals surface area contributed by atoms with Crippen LogP contribution in [0, 0.1) is 6.92 Å². The van der Waals surface area contributed by atoms with Gasteiger partial charge in [0, 0.05) is 17.5 Å². The van der Waals surface area contributed by atoms with E-state index in [0.29, 0.717) is 17.7 Å². The minimum Gasteiger partial charge on any atom is -0.508 e. The molecule has 0 aromatic heterocycles. The molecule has 36 heavy (non-hydrogen) atoms. The highest BCUT2D eigenvalue weighted by Gasteiger charge is 2.38. The van der Waals surface area contributed by atoms with E-state index in [1.807, 2.05) is 39.0 Å². The number of benzene rings is 2. The van der Waals surface area contributed by atoms with E-state index >= 15 is 0 Å². The van der Waals surface area contributed by atoms with Gasteiger partial charge in [-0.2, -0.15) is 12.6 Å². The van der Waals surface area contributed by atoms with Crippen molar-refractivity contribution in [3.63, 3.8) is 0 Å². The molecule has 0 aliphatic rings. The van der Waals surface area contributed by atoms with Crippen LogP contribution in [0.25, 0.3) is 0 Å². The number of thiol groups is 1. The minimum atomic E-state index is -1.03. The van der Waals surface area contributed by atoms with Crippen LogP contribution in [0.15, 0.2) is 48.5 Å². The normalized spacial score (nSPS) is 13.8. The number of rotatable bonds is 9. The van der Waals surface area contributed by atoms with Crippen LogP contribution >= 0.6 is 12.6 Å². The summed E-state index contributed by atoms with van der Waals surface area (Å²) >= 11 is 4.30. The largest absolute Gasteiger partial charge is 0.508 e. The van der Waals surface area contributed by atoms with Gasteiger partial charge in [-0.3, -0.25) is 9.59 Å². The molecular formula is C27H37N3O5S. The van der Waals surface area contributed by atoms with Crippen LogP contribution in [0.4, 0.5) is 10.5 Å². The number of carbonyl (C=O) groups excluding carboxylic acids is 3. The number of para-hydroxylation sites is 1. The molecule has 2 rings (SSSR count). The Morgan fingerprint density at radius 2 is 1.69 bits per heavy atom. The van der Waals surface area contributed by atoms with Crippen LogP contribution in [0.3, 0.4) is 0 Å². The summed E-state index contributed by atoms with van der Waals surface area (Å²) in [7, 11) is 0. The monoisotopic (exact) mass is 515 g/mol. The maximum Gasteiger partial charge on any atom is 0.408 e. The smallest absolute Gasteiger partial charge is 0.408 e. The van der Waals surface area contributed by atoms with Gasteiger partial charge in [0.25, 0.3) is 5.91 Å². The lowest BCUT2D eigenvalue weighted by molar-refractivity contribution is -0.142. The Balaban J connectivity index is 2.50. The molecule has 196 valence electrons. The minimum absolute atomic E-state index is 0.00667. The second-order valence-electron chi connectivity index (χ2n) is 9.68. The Morgan fingerprint density at radius 1 is 1.08 bits per heavy atom. The van der Waals surface area contributed by atoms with E-state index in [2.05, 4.69) is 23.3 Å². The number of nitrogens with zero attached hydrogens (tertiary/aromatic N) is 1. The molecule has 0 spiro atoms. The molecule has 3 unspecified atom stereocenters. The number of hydrogen-bond acceptors (Lipinski definition) is 6. The van der Waals surface area contributed by atoms with Crippen LogP contribution in [0.2, 0.25) is 0 Å². The summed E-state index contributed by atoms with van der Waals surface area (Å²) in [6, 6.07) is 11.1. The molecule has 2 aromatic carbocycles. The van der Waals surface area contributed by atoms with Crippen molar-refractivity contribution in [3.05, 3.63) is 59.7 Å². The van der Waals surface area contributed by atoms with E-state index in [1.54, 1.807) is 39.0 Å². The number of carbonyl (C=O) groups is 3. The molecule has 0 radical (unpaired) electrons. The van der Waals surface area contributed by atoms with Crippen LogP contribution < -0.4 is 10.6 Å². The predicted molar refractivity (Wildman–Crippen MR) is 144 cm³/mol. The summed E-state index contributed by atoms with van der Waals surface area (Å²) in [5.41, 5.74) is 1.27. The van der Waals surface area contributed by atoms with Crippen molar-refractivity contribution in [2.45, 2.75) is 71.7 Å². The average molecular weight is 516 g/mol. The SMILES string of the molecule is CCC(C)N(C(=O)C(CS)NC(=O)OC(C)(C)C)C(C(=O)Nc1ccccc1C)c1ccc(O)cc1. The fourth-order valence-electron chi connectivity index (χ4n) is 3.62. The van der Waals surface area contributed by atoms with Gasteiger partial charge in [-0.05, 0) is 70.4 Å². The zero-order valence-electron chi connectivity index (χ0n) is 21.7. The summed E-state index contributed by atoms with van der Waals surface area (Å²) in [6.45, 7) is 10.8. The van der Waals surface area contributed by atoms with E-state index in [9.17, 15) is 19.5 Å². The van der Waals surface area contributed by atoms with Gasteiger partial charge in [0.15, 0.2) is 0 Å². The maximum atomic E-state index is 13.9. The van der Waals surface area contributed by atoms with Gasteiger partial charge in [0.05, 0.1) is 0 Å². The lowest BCUT2D eigenvalue weighted by Crippen LogP contribution is -2.55. The molecule has 0 saturated carbocycles. The van der Waals surface area contributed by atoms with Crippen molar-refractivity contribution in [1.82, 2.24) is 10.2 Å². The summed E-state index contributed by atoms with van der Waals surface area (Å²) in [4.78, 5) is 41.5. The molecule has 3 N–H and O–H groups in total. The Bertz CT molecular complexity index is 1050. The van der Waals surface area contributed by atoms with Crippen molar-refractivity contribution < 1.29 is 24.2 Å². The van der Waals surface area contributed by atoms with E-state index in [0.717, 1.165) is 5.56 Å². The van der Waals surface area contributed by atoms with Gasteiger partial charge in [-0.15, -0.1) is 0 Å². The predicted octanol–water partition coefficient (Wildman–Crippen LogP) is 4.83. The first-order valence-electron chi connectivity index (χ1n) is 12.0. The fraction of sp³-hybridized carbons (Fsp3) is 0.444. The number of ether oxygens (including phenoxy) is 1. The zero-order chi connectivity index (χ0) is 27.0. The third kappa shape index (κ3) is 7.91. The number of amides is 3. The topological polar surface area (TPSA) is 108 Å². The Morgan fingerprint density at radius 3 is 2.22 bits per heavy atom. The Hall–Kier alpha value is -3.20. The number of phenolic OH excluding ortho intramolecular Hbond substituents is 1. The first kappa shape index (κ1) is 29.0. The number of hydrogen-bond donors (Lipinski definition) is 4. The molecule has 0 aliphatic heterocycles. The van der Waals surface area contributed by atoms with Crippen LogP contribution in [-0.2, 0) is 14.3 Å². The van der Waals surface area contributed by atoms with Gasteiger partial charge in [0.2, 0.25) is 5.91 Å². The Labute approximate surface area is 218 Å². The van der Waals surface area contributed by atoms with Gasteiger partial charge in [-0.1, -0.05) is 37.3 Å². The molecule has 0 aliphatic carbocycles. The standard InChI is InChI=1S/C27H37N3O5S/c1-7-18(3)30(25(33)22(16-36)29-26(34)35-27(4,5)6)23(19-12-14-20(31)15-13-19)24(32)28-21-11-9-8-10-17(21)2/h8-15,18,22-23,31,36H,7,16H2,1-6H3,(H,28,32)(H,29,34). The van der Waals surface area contributed by atoms with Crippen molar-refractivity contribution in [3.8, 4) is 5.75 Å². The summed E-state index contributed by atoms with van der Waals surface area (Å²) in [6.07, 6.45) is -0.187. The third-order valence-corrected chi connectivity index (χ3v) is 6.00. The number of aryl methyl sites for hydroxylation is 1. The van der Waals surface area contributed by atoms with E-state index in [-0.39, 0.29) is 17.5 Å². The quantitative estimate of drug-likeness (QED) is 0.358. The number of anilines is 1. The first-order chi connectivity index (χ1) is 16.9. The highest BCUT2D eigenvalue weighted by molar-refractivity contribution is 7.80. The second kappa shape index (κ2) is 12.7. The highest BCUT2D eigenvalue weighted by Crippen LogP contribution is 2.29. The van der Waals surface area contributed by atoms with Crippen molar-refractivity contribution in [1.29, 1.82) is 0 Å². The highest BCUT2D eigenvalue weighted by atomic mass is 32.1. The van der Waals surface area contributed by atoms with Gasteiger partial charge in [-0.25, -0.2) is 4.79 Å². The van der Waals surface area contributed by atoms with Gasteiger partial charge in [0.1, 0.15) is 23.4 Å². The molecule has 0 fully saturated rings. The van der Waals surface area contributed by atoms with Crippen molar-refractivity contribution in [2.24, 2.45) is 0 Å². The molecule has 3 amide bonds. The first-order valence-corrected chi connectivity index (χ1v) is 12.6. The average Bonchev–Trinajstić information content (AvgIpc) is 2.81. The summed E-state index contributed by atoms with van der Waals surface area (Å²) in [5.74, 6) is -0.840. The number of aromatic hydroxyl groups is 1.